The van der Waals surface area contributed by atoms with E-state index in [-0.39, 0.29) is 29.8 Å². The lowest BCUT2D eigenvalue weighted by atomic mass is 9.93. The quantitative estimate of drug-likeness (QED) is 0.511. The standard InChI is InChI=1S/C26H27FN6O2/c1-14(2)33-13-18(25(34)35)8-17-9-21(27)20(10-23(17)33)15-3-4-22-16(7-15)5-6-32(22)12-19-11-30-26(29)31-24(19)28/h3-4,7,9-11,13-14H,5-6,8,12H2,1-2H3,(H,34,35)(H4,28,29,30,31). The Bertz CT molecular complexity index is 1370. The number of halogens is 1. The largest absolute Gasteiger partial charge is 0.478 e. The fraction of sp³-hybridized carbons (Fsp3) is 0.269. The number of anilines is 4. The van der Waals surface area contributed by atoms with Crippen molar-refractivity contribution in [2.45, 2.75) is 39.3 Å². The van der Waals surface area contributed by atoms with Crippen molar-refractivity contribution in [3.8, 4) is 11.1 Å². The predicted octanol–water partition coefficient (Wildman–Crippen LogP) is 3.75. The summed E-state index contributed by atoms with van der Waals surface area (Å²) in [5.41, 5.74) is 17.7. The minimum atomic E-state index is -0.985. The van der Waals surface area contributed by atoms with Gasteiger partial charge in [0.15, 0.2) is 0 Å². The third-order valence-electron chi connectivity index (χ3n) is 6.61. The number of aliphatic carboxylic acids is 1. The first-order chi connectivity index (χ1) is 16.7. The number of nitrogens with two attached hydrogens (primary N) is 2. The number of aromatic nitrogens is 2. The highest BCUT2D eigenvalue weighted by Crippen LogP contribution is 2.39. The van der Waals surface area contributed by atoms with Crippen LogP contribution in [0, 0.1) is 5.82 Å². The summed E-state index contributed by atoms with van der Waals surface area (Å²) in [5, 5.41) is 9.48. The number of hydrogen-bond acceptors (Lipinski definition) is 7. The molecule has 2 aliphatic heterocycles. The summed E-state index contributed by atoms with van der Waals surface area (Å²) in [6.45, 7) is 5.33. The molecule has 0 unspecified atom stereocenters. The smallest absolute Gasteiger partial charge is 0.333 e. The lowest BCUT2D eigenvalue weighted by Crippen LogP contribution is -2.30. The van der Waals surface area contributed by atoms with Crippen molar-refractivity contribution in [1.29, 1.82) is 0 Å². The van der Waals surface area contributed by atoms with Gasteiger partial charge in [-0.25, -0.2) is 14.2 Å². The molecule has 0 saturated carbocycles. The zero-order chi connectivity index (χ0) is 24.9. The molecule has 180 valence electrons. The number of nitrogens with zero attached hydrogens (tertiary/aromatic N) is 4. The van der Waals surface area contributed by atoms with E-state index in [0.717, 1.165) is 41.0 Å². The summed E-state index contributed by atoms with van der Waals surface area (Å²) in [4.78, 5) is 23.8. The van der Waals surface area contributed by atoms with Crippen LogP contribution >= 0.6 is 0 Å². The van der Waals surface area contributed by atoms with E-state index >= 15 is 4.39 Å². The highest BCUT2D eigenvalue weighted by Gasteiger charge is 2.26. The first-order valence-corrected chi connectivity index (χ1v) is 11.5. The summed E-state index contributed by atoms with van der Waals surface area (Å²) in [7, 11) is 0. The summed E-state index contributed by atoms with van der Waals surface area (Å²) in [6.07, 6.45) is 4.33. The Morgan fingerprint density at radius 1 is 1.17 bits per heavy atom. The predicted molar refractivity (Wildman–Crippen MR) is 134 cm³/mol. The molecule has 1 aromatic heterocycles. The normalized spacial score (nSPS) is 14.7. The molecule has 0 bridgehead atoms. The highest BCUT2D eigenvalue weighted by atomic mass is 19.1. The van der Waals surface area contributed by atoms with Gasteiger partial charge in [-0.1, -0.05) is 6.07 Å². The molecule has 9 heteroatoms. The van der Waals surface area contributed by atoms with E-state index in [1.165, 1.54) is 6.07 Å². The van der Waals surface area contributed by atoms with Gasteiger partial charge in [0.1, 0.15) is 11.6 Å². The number of fused-ring (bicyclic) bond motifs is 2. The molecular formula is C26H27FN6O2. The Morgan fingerprint density at radius 3 is 2.69 bits per heavy atom. The topological polar surface area (TPSA) is 122 Å². The van der Waals surface area contributed by atoms with Crippen LogP contribution in [0.4, 0.5) is 27.5 Å². The van der Waals surface area contributed by atoms with Gasteiger partial charge in [0.05, 0.1) is 5.57 Å². The number of hydrogen-bond donors (Lipinski definition) is 3. The molecule has 35 heavy (non-hydrogen) atoms. The van der Waals surface area contributed by atoms with Crippen LogP contribution in [-0.2, 0) is 24.2 Å². The van der Waals surface area contributed by atoms with Crippen molar-refractivity contribution in [3.05, 3.63) is 70.8 Å². The van der Waals surface area contributed by atoms with E-state index in [1.807, 2.05) is 43.0 Å². The van der Waals surface area contributed by atoms with Crippen LogP contribution in [-0.4, -0.2) is 33.6 Å². The highest BCUT2D eigenvalue weighted by molar-refractivity contribution is 5.90. The number of carboxylic acids is 1. The van der Waals surface area contributed by atoms with Gasteiger partial charge in [-0.15, -0.1) is 0 Å². The maximum absolute atomic E-state index is 15.3. The minimum absolute atomic E-state index is 0.0278. The Balaban J connectivity index is 1.47. The molecule has 5 rings (SSSR count). The summed E-state index contributed by atoms with van der Waals surface area (Å²) < 4.78 is 15.3. The van der Waals surface area contributed by atoms with Crippen molar-refractivity contribution in [3.63, 3.8) is 0 Å². The van der Waals surface area contributed by atoms with Crippen molar-refractivity contribution in [2.24, 2.45) is 0 Å². The number of carboxylic acid groups (broad SMARTS) is 1. The van der Waals surface area contributed by atoms with E-state index in [2.05, 4.69) is 14.9 Å². The van der Waals surface area contributed by atoms with Crippen LogP contribution < -0.4 is 21.3 Å². The van der Waals surface area contributed by atoms with Crippen LogP contribution in [0.5, 0.6) is 0 Å². The zero-order valence-electron chi connectivity index (χ0n) is 19.6. The van der Waals surface area contributed by atoms with E-state index in [9.17, 15) is 9.90 Å². The molecule has 0 amide bonds. The molecule has 8 nitrogen and oxygen atoms in total. The van der Waals surface area contributed by atoms with E-state index in [4.69, 9.17) is 11.5 Å². The van der Waals surface area contributed by atoms with Crippen LogP contribution in [0.25, 0.3) is 11.1 Å². The van der Waals surface area contributed by atoms with Crippen molar-refractivity contribution >= 4 is 29.1 Å². The van der Waals surface area contributed by atoms with Gasteiger partial charge in [-0.2, -0.15) is 4.98 Å². The molecule has 0 aliphatic carbocycles. The van der Waals surface area contributed by atoms with Gasteiger partial charge >= 0.3 is 5.97 Å². The van der Waals surface area contributed by atoms with Gasteiger partial charge in [-0.3, -0.25) is 0 Å². The van der Waals surface area contributed by atoms with Crippen LogP contribution in [0.1, 0.15) is 30.5 Å². The molecule has 3 aromatic rings. The van der Waals surface area contributed by atoms with Crippen LogP contribution in [0.2, 0.25) is 0 Å². The second-order valence-electron chi connectivity index (χ2n) is 9.25. The summed E-state index contributed by atoms with van der Waals surface area (Å²) in [6, 6.07) is 9.30. The maximum atomic E-state index is 15.3. The van der Waals surface area contributed by atoms with Gasteiger partial charge in [0, 0.05) is 60.5 Å². The molecular weight excluding hydrogens is 447 g/mol. The van der Waals surface area contributed by atoms with Crippen molar-refractivity contribution in [2.75, 3.05) is 27.8 Å². The molecule has 0 spiro atoms. The molecule has 0 radical (unpaired) electrons. The Morgan fingerprint density at radius 2 is 1.97 bits per heavy atom. The number of benzene rings is 2. The van der Waals surface area contributed by atoms with E-state index in [1.54, 1.807) is 12.4 Å². The third-order valence-corrected chi connectivity index (χ3v) is 6.61. The van der Waals surface area contributed by atoms with Gasteiger partial charge in [-0.05, 0) is 61.2 Å². The molecule has 0 fully saturated rings. The van der Waals surface area contributed by atoms with Gasteiger partial charge in [0.25, 0.3) is 0 Å². The van der Waals surface area contributed by atoms with E-state index in [0.29, 0.717) is 23.5 Å². The Labute approximate surface area is 202 Å². The molecule has 2 aromatic carbocycles. The zero-order valence-corrected chi connectivity index (χ0v) is 19.6. The minimum Gasteiger partial charge on any atom is -0.478 e. The molecule has 2 aliphatic rings. The Kier molecular flexibility index (Phi) is 5.55. The van der Waals surface area contributed by atoms with E-state index < -0.39 is 5.97 Å². The second-order valence-corrected chi connectivity index (χ2v) is 9.25. The monoisotopic (exact) mass is 474 g/mol. The lowest BCUT2D eigenvalue weighted by molar-refractivity contribution is -0.132. The second kappa shape index (κ2) is 8.57. The van der Waals surface area contributed by atoms with Crippen LogP contribution in [0.3, 0.4) is 0 Å². The molecule has 3 heterocycles. The number of rotatable bonds is 5. The van der Waals surface area contributed by atoms with Gasteiger partial charge in [0.2, 0.25) is 5.95 Å². The first kappa shape index (κ1) is 22.6. The molecule has 5 N–H and O–H groups in total. The third kappa shape index (κ3) is 4.14. The molecule has 0 saturated heterocycles. The average molecular weight is 475 g/mol. The fourth-order valence-corrected chi connectivity index (χ4v) is 4.82. The maximum Gasteiger partial charge on any atom is 0.333 e. The molecule has 0 atom stereocenters. The van der Waals surface area contributed by atoms with Crippen molar-refractivity contribution < 1.29 is 14.3 Å². The SMILES string of the molecule is CC(C)N1C=C(C(=O)O)Cc2cc(F)c(-c3ccc4c(c3)CCN4Cc3cnc(N)nc3N)cc21. The summed E-state index contributed by atoms with van der Waals surface area (Å²) >= 11 is 0. The number of carbonyl (C=O) groups is 1. The van der Waals surface area contributed by atoms with Crippen LogP contribution in [0.15, 0.2) is 48.3 Å². The number of nitrogen functional groups attached to an aromatic ring is 2. The van der Waals surface area contributed by atoms with Crippen molar-refractivity contribution in [1.82, 2.24) is 9.97 Å². The lowest BCUT2D eigenvalue weighted by Gasteiger charge is -2.32. The average Bonchev–Trinajstić information content (AvgIpc) is 3.21. The van der Waals surface area contributed by atoms with Gasteiger partial charge < -0.3 is 26.4 Å². The summed E-state index contributed by atoms with van der Waals surface area (Å²) in [5.74, 6) is -0.828. The fourth-order valence-electron chi connectivity index (χ4n) is 4.82. The first-order valence-electron chi connectivity index (χ1n) is 11.5. The Hall–Kier alpha value is -4.14.